The van der Waals surface area contributed by atoms with E-state index in [9.17, 15) is 26.4 Å². The van der Waals surface area contributed by atoms with E-state index in [1.54, 1.807) is 6.07 Å². The lowest BCUT2D eigenvalue weighted by atomic mass is 9.95. The van der Waals surface area contributed by atoms with Crippen LogP contribution in [0.2, 0.25) is 0 Å². The summed E-state index contributed by atoms with van der Waals surface area (Å²) in [5.74, 6) is -2.14. The van der Waals surface area contributed by atoms with E-state index in [4.69, 9.17) is 4.74 Å². The fourth-order valence-electron chi connectivity index (χ4n) is 3.91. The van der Waals surface area contributed by atoms with Gasteiger partial charge in [-0.3, -0.25) is 4.79 Å². The van der Waals surface area contributed by atoms with Crippen molar-refractivity contribution < 1.29 is 35.5 Å². The van der Waals surface area contributed by atoms with Crippen LogP contribution in [-0.2, 0) is 21.4 Å². The summed E-state index contributed by atoms with van der Waals surface area (Å²) in [6.45, 7) is 4.43. The number of rotatable bonds is 6. The normalized spacial score (nSPS) is 14.8. The molecule has 0 saturated heterocycles. The van der Waals surface area contributed by atoms with Crippen molar-refractivity contribution in [2.24, 2.45) is 0 Å². The summed E-state index contributed by atoms with van der Waals surface area (Å²) >= 11 is 0. The maximum absolute atomic E-state index is 15.1. The summed E-state index contributed by atoms with van der Waals surface area (Å²) in [6, 6.07) is 8.24. The van der Waals surface area contributed by atoms with Crippen LogP contribution in [-0.4, -0.2) is 30.8 Å². The number of carbonyl (C=O) groups is 1. The van der Waals surface area contributed by atoms with E-state index in [1.807, 2.05) is 6.92 Å². The summed E-state index contributed by atoms with van der Waals surface area (Å²) in [4.78, 5) is 13.1. The molecule has 1 aliphatic carbocycles. The Labute approximate surface area is 210 Å². The highest BCUT2D eigenvalue weighted by Gasteiger charge is 2.42. The lowest BCUT2D eigenvalue weighted by molar-refractivity contribution is -0.142. The van der Waals surface area contributed by atoms with E-state index in [1.165, 1.54) is 37.3 Å². The van der Waals surface area contributed by atoms with Crippen molar-refractivity contribution in [1.82, 2.24) is 10.2 Å². The van der Waals surface area contributed by atoms with Crippen LogP contribution in [0.1, 0.15) is 52.5 Å². The fourth-order valence-corrected chi connectivity index (χ4v) is 4.58. The van der Waals surface area contributed by atoms with Gasteiger partial charge in [-0.05, 0) is 67.5 Å². The third-order valence-electron chi connectivity index (χ3n) is 6.39. The predicted octanol–water partition coefficient (Wildman–Crippen LogP) is 5.75. The predicted molar refractivity (Wildman–Crippen MR) is 127 cm³/mol. The van der Waals surface area contributed by atoms with Crippen LogP contribution in [0.5, 0.6) is 11.6 Å². The summed E-state index contributed by atoms with van der Waals surface area (Å²) in [6.07, 6.45) is -2.27. The van der Waals surface area contributed by atoms with Gasteiger partial charge >= 0.3 is 6.18 Å². The van der Waals surface area contributed by atoms with Gasteiger partial charge in [0.2, 0.25) is 0 Å². The number of alkyl halides is 3. The third-order valence-corrected chi connectivity index (χ3v) is 7.50. The zero-order chi connectivity index (χ0) is 27.3. The average molecular weight is 538 g/mol. The van der Waals surface area contributed by atoms with Crippen molar-refractivity contribution in [3.05, 3.63) is 70.2 Å². The number of benzene rings is 2. The van der Waals surface area contributed by atoms with Crippen molar-refractivity contribution in [2.75, 3.05) is 11.6 Å². The molecule has 12 heteroatoms. The number of nitrogens with zero attached hydrogens (tertiary/aromatic N) is 2. The summed E-state index contributed by atoms with van der Waals surface area (Å²) in [5, 5.41) is 9.10. The van der Waals surface area contributed by atoms with Gasteiger partial charge in [0, 0.05) is 17.5 Å². The average Bonchev–Trinajstić information content (AvgIpc) is 3.53. The lowest BCUT2D eigenvalue weighted by Gasteiger charge is -2.18. The number of hydrogen-bond acceptors (Lipinski definition) is 6. The van der Waals surface area contributed by atoms with Crippen LogP contribution in [0.4, 0.5) is 23.2 Å². The zero-order valence-electron chi connectivity index (χ0n) is 20.3. The van der Waals surface area contributed by atoms with Gasteiger partial charge in [-0.2, -0.15) is 13.2 Å². The number of anilines is 1. The third kappa shape index (κ3) is 5.29. The highest BCUT2D eigenvalue weighted by Crippen LogP contribution is 2.49. The quantitative estimate of drug-likeness (QED) is 0.402. The van der Waals surface area contributed by atoms with Crippen molar-refractivity contribution in [3.8, 4) is 11.6 Å². The molecule has 0 unspecified atom stereocenters. The lowest BCUT2D eigenvalue weighted by Crippen LogP contribution is -2.21. The molecule has 0 spiro atoms. The molecule has 7 nitrogen and oxygen atoms in total. The fraction of sp³-hybridized carbons (Fsp3) is 0.320. The molecule has 0 bridgehead atoms. The van der Waals surface area contributed by atoms with Gasteiger partial charge in [0.15, 0.2) is 15.5 Å². The molecule has 0 radical (unpaired) electrons. The van der Waals surface area contributed by atoms with Crippen molar-refractivity contribution in [3.63, 3.8) is 0 Å². The number of aromatic nitrogens is 2. The molecule has 37 heavy (non-hydrogen) atoms. The topological polar surface area (TPSA) is 98.2 Å². The Morgan fingerprint density at radius 2 is 1.76 bits per heavy atom. The molecule has 1 aliphatic rings. The molecule has 2 aromatic carbocycles. The van der Waals surface area contributed by atoms with Crippen LogP contribution >= 0.6 is 0 Å². The first-order valence-electron chi connectivity index (χ1n) is 11.2. The van der Waals surface area contributed by atoms with Gasteiger partial charge in [-0.1, -0.05) is 19.1 Å². The Hall–Kier alpha value is -3.54. The molecule has 1 aromatic heterocycles. The number of nitrogens with one attached hydrogen (secondary N) is 1. The van der Waals surface area contributed by atoms with E-state index >= 15 is 4.39 Å². The smallest absolute Gasteiger partial charge is 0.435 e. The summed E-state index contributed by atoms with van der Waals surface area (Å²) < 4.78 is 85.1. The molecule has 1 heterocycles. The number of ether oxygens (including phenoxy) is 1. The number of carbonyl (C=O) groups excluding carboxylic acids is 1. The SMILES string of the molecule is Cc1c(Oc2nnc(C(F)(F)F)c(C)c2C(=O)Nc2cccc(S(C)(=O)=O)c2)ccc(C2(C)CC2)c1F. The number of hydrogen-bond donors (Lipinski definition) is 1. The van der Waals surface area contributed by atoms with Crippen LogP contribution < -0.4 is 10.1 Å². The summed E-state index contributed by atoms with van der Waals surface area (Å²) in [5.41, 5.74) is -2.17. The van der Waals surface area contributed by atoms with Gasteiger partial charge in [-0.25, -0.2) is 12.8 Å². The molecule has 1 fully saturated rings. The minimum Gasteiger partial charge on any atom is -0.437 e. The van der Waals surface area contributed by atoms with Crippen molar-refractivity contribution in [1.29, 1.82) is 0 Å². The Balaban J connectivity index is 1.76. The molecular weight excluding hydrogens is 514 g/mol. The largest absolute Gasteiger partial charge is 0.437 e. The minimum absolute atomic E-state index is 0.0212. The number of amides is 1. The van der Waals surface area contributed by atoms with Gasteiger partial charge in [0.1, 0.15) is 17.1 Å². The second-order valence-corrected chi connectivity index (χ2v) is 11.3. The van der Waals surface area contributed by atoms with E-state index in [-0.39, 0.29) is 27.3 Å². The second-order valence-electron chi connectivity index (χ2n) is 9.32. The van der Waals surface area contributed by atoms with E-state index in [0.29, 0.717) is 5.56 Å². The molecule has 1 N–H and O–H groups in total. The second kappa shape index (κ2) is 9.09. The first kappa shape index (κ1) is 26.5. The van der Waals surface area contributed by atoms with Gasteiger partial charge in [-0.15, -0.1) is 10.2 Å². The minimum atomic E-state index is -4.91. The molecule has 4 rings (SSSR count). The van der Waals surface area contributed by atoms with Gasteiger partial charge in [0.25, 0.3) is 11.8 Å². The van der Waals surface area contributed by atoms with Gasteiger partial charge < -0.3 is 10.1 Å². The van der Waals surface area contributed by atoms with Crippen molar-refractivity contribution >= 4 is 21.4 Å². The molecule has 0 aliphatic heterocycles. The Bertz CT molecular complexity index is 1520. The van der Waals surface area contributed by atoms with Crippen LogP contribution in [0.3, 0.4) is 0 Å². The van der Waals surface area contributed by atoms with Gasteiger partial charge in [0.05, 0.1) is 4.90 Å². The Morgan fingerprint density at radius 3 is 2.35 bits per heavy atom. The Kier molecular flexibility index (Phi) is 6.51. The summed E-state index contributed by atoms with van der Waals surface area (Å²) in [7, 11) is -3.61. The van der Waals surface area contributed by atoms with Crippen LogP contribution in [0.25, 0.3) is 0 Å². The van der Waals surface area contributed by atoms with Crippen LogP contribution in [0.15, 0.2) is 41.3 Å². The highest BCUT2D eigenvalue weighted by atomic mass is 32.2. The molecule has 1 amide bonds. The van der Waals surface area contributed by atoms with E-state index in [0.717, 1.165) is 26.0 Å². The molecule has 3 aromatic rings. The van der Waals surface area contributed by atoms with Crippen molar-refractivity contribution in [2.45, 2.75) is 50.1 Å². The van der Waals surface area contributed by atoms with E-state index in [2.05, 4.69) is 15.5 Å². The molecule has 0 atom stereocenters. The molecule has 196 valence electrons. The first-order chi connectivity index (χ1) is 17.1. The number of halogens is 4. The number of sulfone groups is 1. The molecular formula is C25H23F4N3O4S. The maximum atomic E-state index is 15.1. The van der Waals surface area contributed by atoms with E-state index < -0.39 is 50.4 Å². The first-order valence-corrected chi connectivity index (χ1v) is 13.0. The standard InChI is InChI=1S/C25H23F4N3O4S/c1-13-18(9-8-17(20(13)26)24(3)10-11-24)36-23-19(14(2)21(31-32-23)25(27,28)29)22(33)30-15-6-5-7-16(12-15)37(4,34)35/h5-9,12H,10-11H2,1-4H3,(H,30,33). The highest BCUT2D eigenvalue weighted by molar-refractivity contribution is 7.90. The zero-order valence-corrected chi connectivity index (χ0v) is 21.1. The molecule has 1 saturated carbocycles. The Morgan fingerprint density at radius 1 is 1.08 bits per heavy atom. The maximum Gasteiger partial charge on any atom is 0.435 e. The monoisotopic (exact) mass is 537 g/mol. The van der Waals surface area contributed by atoms with Crippen LogP contribution in [0, 0.1) is 19.7 Å².